The van der Waals surface area contributed by atoms with Crippen molar-refractivity contribution >= 4 is 17.4 Å². The molecule has 1 atom stereocenters. The molecule has 18 heavy (non-hydrogen) atoms. The van der Waals surface area contributed by atoms with Crippen LogP contribution in [-0.4, -0.2) is 29.0 Å². The standard InChI is InChI=1S/C6H9NS.C5H8N2O3/c1-3-6-4-8-5(2)7-6;1-2-10-4(3-6)7-5(8)9/h4H,3H2,1-2H3;4,7H,2H2,1H3,(H,8,9). The van der Waals surface area contributed by atoms with Gasteiger partial charge in [-0.3, -0.25) is 5.32 Å². The Morgan fingerprint density at radius 3 is 2.67 bits per heavy atom. The van der Waals surface area contributed by atoms with E-state index >= 15 is 0 Å². The molecule has 100 valence electrons. The van der Waals surface area contributed by atoms with Gasteiger partial charge in [-0.2, -0.15) is 5.26 Å². The van der Waals surface area contributed by atoms with E-state index in [0.29, 0.717) is 6.61 Å². The predicted molar refractivity (Wildman–Crippen MR) is 68.4 cm³/mol. The lowest BCUT2D eigenvalue weighted by atomic mass is 10.4. The molecule has 0 spiro atoms. The first kappa shape index (κ1) is 16.4. The summed E-state index contributed by atoms with van der Waals surface area (Å²) in [4.78, 5) is 14.1. The van der Waals surface area contributed by atoms with Crippen LogP contribution in [0.5, 0.6) is 0 Å². The molecule has 1 heterocycles. The van der Waals surface area contributed by atoms with Crippen LogP contribution < -0.4 is 5.32 Å². The first-order valence-corrected chi connectivity index (χ1v) is 6.33. The zero-order chi connectivity index (χ0) is 14.0. The van der Waals surface area contributed by atoms with E-state index in [0.717, 1.165) is 6.42 Å². The van der Waals surface area contributed by atoms with Crippen LogP contribution in [0.15, 0.2) is 5.38 Å². The summed E-state index contributed by atoms with van der Waals surface area (Å²) in [6.45, 7) is 6.13. The molecular formula is C11H17N3O3S. The lowest BCUT2D eigenvalue weighted by Gasteiger charge is -2.06. The first-order chi connectivity index (χ1) is 8.53. The van der Waals surface area contributed by atoms with Gasteiger partial charge in [0, 0.05) is 12.0 Å². The highest BCUT2D eigenvalue weighted by molar-refractivity contribution is 7.09. The molecule has 0 aromatic carbocycles. The van der Waals surface area contributed by atoms with E-state index in [2.05, 4.69) is 22.0 Å². The molecule has 2 N–H and O–H groups in total. The van der Waals surface area contributed by atoms with E-state index in [4.69, 9.17) is 10.4 Å². The molecule has 7 heteroatoms. The minimum atomic E-state index is -1.26. The average Bonchev–Trinajstić information content (AvgIpc) is 2.75. The number of nitrogens with one attached hydrogen (secondary N) is 1. The maximum Gasteiger partial charge on any atom is 0.407 e. The Morgan fingerprint density at radius 1 is 1.72 bits per heavy atom. The number of aromatic nitrogens is 1. The SMILES string of the molecule is CCOC(C#N)NC(=O)O.CCc1csc(C)n1. The molecule has 0 radical (unpaired) electrons. The van der Waals surface area contributed by atoms with Crippen LogP contribution in [0.25, 0.3) is 0 Å². The van der Waals surface area contributed by atoms with Crippen molar-refractivity contribution in [1.29, 1.82) is 5.26 Å². The summed E-state index contributed by atoms with van der Waals surface area (Å²) in [5.41, 5.74) is 1.22. The number of ether oxygens (including phenoxy) is 1. The minimum absolute atomic E-state index is 0.304. The van der Waals surface area contributed by atoms with Crippen LogP contribution >= 0.6 is 11.3 Å². The quantitative estimate of drug-likeness (QED) is 0.818. The van der Waals surface area contributed by atoms with Crippen molar-refractivity contribution in [1.82, 2.24) is 10.3 Å². The van der Waals surface area contributed by atoms with Gasteiger partial charge in [0.1, 0.15) is 6.07 Å². The Labute approximate surface area is 110 Å². The molecule has 1 rings (SSSR count). The van der Waals surface area contributed by atoms with E-state index in [1.807, 2.05) is 12.2 Å². The topological polar surface area (TPSA) is 95.2 Å². The fraction of sp³-hybridized carbons (Fsp3) is 0.545. The number of aryl methyl sites for hydroxylation is 2. The molecule has 0 bridgehead atoms. The van der Waals surface area contributed by atoms with Gasteiger partial charge in [-0.05, 0) is 20.3 Å². The zero-order valence-corrected chi connectivity index (χ0v) is 11.5. The van der Waals surface area contributed by atoms with Gasteiger partial charge < -0.3 is 9.84 Å². The molecule has 1 unspecified atom stereocenters. The van der Waals surface area contributed by atoms with Gasteiger partial charge in [-0.15, -0.1) is 11.3 Å². The van der Waals surface area contributed by atoms with Crippen molar-refractivity contribution < 1.29 is 14.6 Å². The van der Waals surface area contributed by atoms with E-state index in [-0.39, 0.29) is 0 Å². The molecule has 0 fully saturated rings. The Balaban J connectivity index is 0.000000327. The maximum absolute atomic E-state index is 9.90. The Hall–Kier alpha value is -1.65. The second-order valence-corrected chi connectivity index (χ2v) is 4.19. The Bertz CT molecular complexity index is 400. The molecule has 0 aliphatic carbocycles. The molecule has 6 nitrogen and oxygen atoms in total. The molecule has 0 aliphatic rings. The number of rotatable bonds is 4. The van der Waals surface area contributed by atoms with E-state index in [9.17, 15) is 4.79 Å². The van der Waals surface area contributed by atoms with Crippen LogP contribution in [-0.2, 0) is 11.2 Å². The van der Waals surface area contributed by atoms with Crippen molar-refractivity contribution in [3.05, 3.63) is 16.1 Å². The van der Waals surface area contributed by atoms with Crippen LogP contribution in [0.4, 0.5) is 4.79 Å². The monoisotopic (exact) mass is 271 g/mol. The number of hydrogen-bond donors (Lipinski definition) is 2. The van der Waals surface area contributed by atoms with Gasteiger partial charge in [-0.25, -0.2) is 9.78 Å². The second kappa shape index (κ2) is 9.39. The van der Waals surface area contributed by atoms with Crippen molar-refractivity contribution in [2.24, 2.45) is 0 Å². The van der Waals surface area contributed by atoms with Crippen molar-refractivity contribution in [2.45, 2.75) is 33.4 Å². The minimum Gasteiger partial charge on any atom is -0.465 e. The lowest BCUT2D eigenvalue weighted by molar-refractivity contribution is 0.0754. The maximum atomic E-state index is 9.90. The number of nitrogens with zero attached hydrogens (tertiary/aromatic N) is 2. The van der Waals surface area contributed by atoms with Gasteiger partial charge in [0.15, 0.2) is 0 Å². The van der Waals surface area contributed by atoms with Crippen LogP contribution in [0, 0.1) is 18.3 Å². The molecule has 1 aromatic rings. The number of nitriles is 1. The van der Waals surface area contributed by atoms with Gasteiger partial charge in [0.05, 0.1) is 10.7 Å². The predicted octanol–water partition coefficient (Wildman–Crippen LogP) is 2.15. The third-order valence-electron chi connectivity index (χ3n) is 1.73. The van der Waals surface area contributed by atoms with Gasteiger partial charge in [0.2, 0.25) is 6.23 Å². The summed E-state index contributed by atoms with van der Waals surface area (Å²) >= 11 is 1.72. The van der Waals surface area contributed by atoms with Crippen LogP contribution in [0.1, 0.15) is 24.5 Å². The summed E-state index contributed by atoms with van der Waals surface area (Å²) in [7, 11) is 0. The van der Waals surface area contributed by atoms with E-state index in [1.54, 1.807) is 24.3 Å². The molecule has 1 amide bonds. The van der Waals surface area contributed by atoms with Gasteiger partial charge in [0.25, 0.3) is 0 Å². The normalized spacial score (nSPS) is 10.8. The number of carbonyl (C=O) groups is 1. The number of thiazole rings is 1. The summed E-state index contributed by atoms with van der Waals surface area (Å²) in [6.07, 6.45) is -1.26. The van der Waals surface area contributed by atoms with E-state index < -0.39 is 12.3 Å². The second-order valence-electron chi connectivity index (χ2n) is 3.13. The van der Waals surface area contributed by atoms with Gasteiger partial charge in [-0.1, -0.05) is 6.92 Å². The molecule has 0 saturated heterocycles. The van der Waals surface area contributed by atoms with Gasteiger partial charge >= 0.3 is 6.09 Å². The molecule has 0 aliphatic heterocycles. The van der Waals surface area contributed by atoms with Crippen molar-refractivity contribution in [3.8, 4) is 6.07 Å². The summed E-state index contributed by atoms with van der Waals surface area (Å²) in [6, 6.07) is 1.62. The van der Waals surface area contributed by atoms with Crippen molar-refractivity contribution in [2.75, 3.05) is 6.61 Å². The fourth-order valence-corrected chi connectivity index (χ4v) is 1.66. The highest BCUT2D eigenvalue weighted by atomic mass is 32.1. The molecule has 0 saturated carbocycles. The third-order valence-corrected chi connectivity index (χ3v) is 2.56. The third kappa shape index (κ3) is 7.60. The van der Waals surface area contributed by atoms with E-state index in [1.165, 1.54) is 10.7 Å². The van der Waals surface area contributed by atoms with Crippen molar-refractivity contribution in [3.63, 3.8) is 0 Å². The summed E-state index contributed by atoms with van der Waals surface area (Å²) < 4.78 is 4.65. The average molecular weight is 271 g/mol. The smallest absolute Gasteiger partial charge is 0.407 e. The number of hydrogen-bond acceptors (Lipinski definition) is 5. The number of amides is 1. The first-order valence-electron chi connectivity index (χ1n) is 5.45. The Kier molecular flexibility index (Phi) is 8.53. The largest absolute Gasteiger partial charge is 0.465 e. The molecular weight excluding hydrogens is 254 g/mol. The highest BCUT2D eigenvalue weighted by Crippen LogP contribution is 2.07. The fourth-order valence-electron chi connectivity index (χ4n) is 0.961. The zero-order valence-electron chi connectivity index (χ0n) is 10.6. The lowest BCUT2D eigenvalue weighted by Crippen LogP contribution is -2.34. The number of carboxylic acid groups (broad SMARTS) is 1. The summed E-state index contributed by atoms with van der Waals surface area (Å²) in [5, 5.41) is 21.4. The Morgan fingerprint density at radius 2 is 2.39 bits per heavy atom. The van der Waals surface area contributed by atoms with Crippen LogP contribution in [0.3, 0.4) is 0 Å². The van der Waals surface area contributed by atoms with Crippen LogP contribution in [0.2, 0.25) is 0 Å². The molecule has 1 aromatic heterocycles. The summed E-state index contributed by atoms with van der Waals surface area (Å²) in [5.74, 6) is 0. The highest BCUT2D eigenvalue weighted by Gasteiger charge is 2.07.